The largest absolute Gasteiger partial charge is 0.497 e. The Morgan fingerprint density at radius 3 is 2.68 bits per heavy atom. The molecule has 0 spiro atoms. The van der Waals surface area contributed by atoms with Gasteiger partial charge in [-0.15, -0.1) is 0 Å². The summed E-state index contributed by atoms with van der Waals surface area (Å²) in [5.74, 6) is 2.31. The zero-order valence-corrected chi connectivity index (χ0v) is 19.9. The summed E-state index contributed by atoms with van der Waals surface area (Å²) in [6.07, 6.45) is 7.42. The topological polar surface area (TPSA) is 42.7 Å². The lowest BCUT2D eigenvalue weighted by atomic mass is 10.1. The van der Waals surface area contributed by atoms with Gasteiger partial charge in [-0.3, -0.25) is 0 Å². The first-order chi connectivity index (χ1) is 16.6. The van der Waals surface area contributed by atoms with E-state index < -0.39 is 0 Å². The summed E-state index contributed by atoms with van der Waals surface area (Å²) in [7, 11) is 1.63. The van der Waals surface area contributed by atoms with Crippen molar-refractivity contribution in [1.82, 2.24) is 14.6 Å². The average molecular weight is 477 g/mol. The van der Waals surface area contributed by atoms with Crippen LogP contribution in [0.5, 0.6) is 5.75 Å². The van der Waals surface area contributed by atoms with Crippen molar-refractivity contribution in [2.75, 3.05) is 18.6 Å². The van der Waals surface area contributed by atoms with Gasteiger partial charge in [-0.2, -0.15) is 9.61 Å². The van der Waals surface area contributed by atoms with Crippen molar-refractivity contribution in [3.63, 3.8) is 0 Å². The molecule has 1 saturated carbocycles. The molecular formula is C27H26ClFN4O. The fraction of sp³-hybridized carbons (Fsp3) is 0.333. The highest BCUT2D eigenvalue weighted by molar-refractivity contribution is 6.33. The van der Waals surface area contributed by atoms with Crippen LogP contribution in [0, 0.1) is 11.7 Å². The number of nitrogens with zero attached hydrogens (tertiary/aromatic N) is 4. The van der Waals surface area contributed by atoms with E-state index in [1.54, 1.807) is 7.11 Å². The Balaban J connectivity index is 1.49. The van der Waals surface area contributed by atoms with Crippen molar-refractivity contribution in [3.05, 3.63) is 76.3 Å². The Bertz CT molecular complexity index is 1360. The number of fused-ring (bicyclic) bond motifs is 2. The number of halogens is 2. The lowest BCUT2D eigenvalue weighted by Crippen LogP contribution is -2.29. The average Bonchev–Trinajstić information content (AvgIpc) is 3.37. The van der Waals surface area contributed by atoms with Crippen molar-refractivity contribution in [1.29, 1.82) is 0 Å². The first-order valence-electron chi connectivity index (χ1n) is 11.8. The first-order valence-corrected chi connectivity index (χ1v) is 12.2. The summed E-state index contributed by atoms with van der Waals surface area (Å²) < 4.78 is 20.9. The molecule has 0 unspecified atom stereocenters. The smallest absolute Gasteiger partial charge is 0.165 e. The van der Waals surface area contributed by atoms with Gasteiger partial charge in [-0.25, -0.2) is 9.37 Å². The van der Waals surface area contributed by atoms with E-state index in [2.05, 4.69) is 4.90 Å². The molecule has 2 aromatic carbocycles. The van der Waals surface area contributed by atoms with E-state index in [0.29, 0.717) is 17.5 Å². The monoisotopic (exact) mass is 476 g/mol. The van der Waals surface area contributed by atoms with Crippen LogP contribution in [0.1, 0.15) is 36.1 Å². The van der Waals surface area contributed by atoms with Crippen LogP contribution in [0.3, 0.4) is 0 Å². The van der Waals surface area contributed by atoms with Crippen LogP contribution in [0.2, 0.25) is 5.02 Å². The molecule has 174 valence electrons. The van der Waals surface area contributed by atoms with Crippen molar-refractivity contribution in [3.8, 4) is 16.9 Å². The van der Waals surface area contributed by atoms with Gasteiger partial charge in [0.05, 0.1) is 18.3 Å². The van der Waals surface area contributed by atoms with Gasteiger partial charge in [-0.05, 0) is 73.9 Å². The van der Waals surface area contributed by atoms with E-state index in [0.717, 1.165) is 65.4 Å². The number of ether oxygens (including phenoxy) is 1. The standard InChI is InChI=1S/C27H26ClFN4O/c1-34-20-11-12-21(24(28)13-20)23-14-30-33-26(23)31-25-4-2-3-22(25)27(33)32(15-17-5-6-17)16-18-7-9-19(29)10-8-18/h7-14,17H,2-6,15-16H2,1H3. The van der Waals surface area contributed by atoms with Crippen LogP contribution in [-0.2, 0) is 19.4 Å². The third-order valence-electron chi connectivity index (χ3n) is 6.87. The lowest BCUT2D eigenvalue weighted by molar-refractivity contribution is 0.415. The number of methoxy groups -OCH3 is 1. The van der Waals surface area contributed by atoms with E-state index in [9.17, 15) is 4.39 Å². The second kappa shape index (κ2) is 8.58. The van der Waals surface area contributed by atoms with E-state index in [4.69, 9.17) is 26.4 Å². The molecule has 5 nitrogen and oxygen atoms in total. The van der Waals surface area contributed by atoms with Crippen LogP contribution in [0.4, 0.5) is 10.2 Å². The quantitative estimate of drug-likeness (QED) is 0.323. The third-order valence-corrected chi connectivity index (χ3v) is 7.18. The van der Waals surface area contributed by atoms with Gasteiger partial charge in [0.1, 0.15) is 17.4 Å². The molecular weight excluding hydrogens is 451 g/mol. The highest BCUT2D eigenvalue weighted by Gasteiger charge is 2.30. The van der Waals surface area contributed by atoms with Crippen LogP contribution in [0.25, 0.3) is 16.8 Å². The zero-order chi connectivity index (χ0) is 23.2. The molecule has 0 atom stereocenters. The van der Waals surface area contributed by atoms with Crippen molar-refractivity contribution < 1.29 is 9.13 Å². The molecule has 6 rings (SSSR count). The fourth-order valence-electron chi connectivity index (χ4n) is 4.96. The number of anilines is 1. The van der Waals surface area contributed by atoms with Crippen molar-refractivity contribution >= 4 is 23.1 Å². The molecule has 4 aromatic rings. The maximum atomic E-state index is 13.5. The van der Waals surface area contributed by atoms with Gasteiger partial charge in [0, 0.05) is 35.5 Å². The van der Waals surface area contributed by atoms with E-state index in [1.165, 1.54) is 30.5 Å². The molecule has 2 aromatic heterocycles. The molecule has 0 radical (unpaired) electrons. The molecule has 0 bridgehead atoms. The predicted molar refractivity (Wildman–Crippen MR) is 132 cm³/mol. The number of hydrogen-bond acceptors (Lipinski definition) is 4. The lowest BCUT2D eigenvalue weighted by Gasteiger charge is -2.28. The molecule has 2 aliphatic carbocycles. The number of rotatable bonds is 7. The SMILES string of the molecule is COc1ccc(-c2cnn3c(N(Cc4ccc(F)cc4)CC4CC4)c4c(nc23)CCC4)c(Cl)c1. The molecule has 7 heteroatoms. The Morgan fingerprint density at radius 2 is 1.94 bits per heavy atom. The van der Waals surface area contributed by atoms with Gasteiger partial charge in [-0.1, -0.05) is 23.7 Å². The Kier molecular flexibility index (Phi) is 5.41. The van der Waals surface area contributed by atoms with Gasteiger partial charge in [0.25, 0.3) is 0 Å². The summed E-state index contributed by atoms with van der Waals surface area (Å²) >= 11 is 6.63. The summed E-state index contributed by atoms with van der Waals surface area (Å²) in [6.45, 7) is 1.67. The molecule has 0 saturated heterocycles. The molecule has 34 heavy (non-hydrogen) atoms. The Hall–Kier alpha value is -3.12. The second-order valence-corrected chi connectivity index (χ2v) is 9.71. The number of benzene rings is 2. The van der Waals surface area contributed by atoms with Crippen LogP contribution >= 0.6 is 11.6 Å². The molecule has 0 amide bonds. The van der Waals surface area contributed by atoms with Crippen LogP contribution in [-0.4, -0.2) is 28.3 Å². The minimum atomic E-state index is -0.210. The third kappa shape index (κ3) is 3.90. The Morgan fingerprint density at radius 1 is 1.12 bits per heavy atom. The number of hydrogen-bond donors (Lipinski definition) is 0. The summed E-state index contributed by atoms with van der Waals surface area (Å²) in [5, 5.41) is 5.43. The number of aromatic nitrogens is 3. The van der Waals surface area contributed by atoms with Crippen LogP contribution < -0.4 is 9.64 Å². The summed E-state index contributed by atoms with van der Waals surface area (Å²) in [5.41, 5.74) is 6.14. The van der Waals surface area contributed by atoms with E-state index >= 15 is 0 Å². The normalized spacial score (nSPS) is 15.0. The van der Waals surface area contributed by atoms with Gasteiger partial charge < -0.3 is 9.64 Å². The van der Waals surface area contributed by atoms with Gasteiger partial charge in [0.15, 0.2) is 5.65 Å². The molecule has 2 aliphatic rings. The van der Waals surface area contributed by atoms with E-state index in [-0.39, 0.29) is 5.82 Å². The zero-order valence-electron chi connectivity index (χ0n) is 19.1. The molecule has 0 N–H and O–H groups in total. The highest BCUT2D eigenvalue weighted by atomic mass is 35.5. The maximum absolute atomic E-state index is 13.5. The van der Waals surface area contributed by atoms with Gasteiger partial charge in [0.2, 0.25) is 0 Å². The van der Waals surface area contributed by atoms with Crippen molar-refractivity contribution in [2.45, 2.75) is 38.6 Å². The highest BCUT2D eigenvalue weighted by Crippen LogP contribution is 2.39. The van der Waals surface area contributed by atoms with E-state index in [1.807, 2.05) is 41.0 Å². The number of aryl methyl sites for hydroxylation is 1. The van der Waals surface area contributed by atoms with Crippen LogP contribution in [0.15, 0.2) is 48.7 Å². The predicted octanol–water partition coefficient (Wildman–Crippen LogP) is 6.10. The summed E-state index contributed by atoms with van der Waals surface area (Å²) in [4.78, 5) is 7.49. The molecule has 2 heterocycles. The van der Waals surface area contributed by atoms with Gasteiger partial charge >= 0.3 is 0 Å². The maximum Gasteiger partial charge on any atom is 0.165 e. The first kappa shape index (κ1) is 21.4. The molecule has 0 aliphatic heterocycles. The minimum absolute atomic E-state index is 0.210. The second-order valence-electron chi connectivity index (χ2n) is 9.30. The summed E-state index contributed by atoms with van der Waals surface area (Å²) in [6, 6.07) is 12.5. The minimum Gasteiger partial charge on any atom is -0.497 e. The Labute approximate surface area is 203 Å². The fourth-order valence-corrected chi connectivity index (χ4v) is 5.23. The molecule has 1 fully saturated rings. The van der Waals surface area contributed by atoms with Crippen molar-refractivity contribution in [2.24, 2.45) is 5.92 Å².